The third kappa shape index (κ3) is 29.5. The van der Waals surface area contributed by atoms with Crippen molar-refractivity contribution in [2.24, 2.45) is 5.41 Å². The largest absolute Gasteiger partial charge is 0.291 e. The van der Waals surface area contributed by atoms with E-state index in [2.05, 4.69) is 20.8 Å². The maximum atomic E-state index is 10.3. The molecule has 0 bridgehead atoms. The van der Waals surface area contributed by atoms with Crippen LogP contribution in [-0.4, -0.2) is 6.29 Å². The van der Waals surface area contributed by atoms with Crippen molar-refractivity contribution in [2.45, 2.75) is 245 Å². The first kappa shape index (κ1) is 40.7. The average molecular weight is 576 g/mol. The first-order chi connectivity index (χ1) is 20.2. The van der Waals surface area contributed by atoms with Crippen molar-refractivity contribution in [2.75, 3.05) is 0 Å². The first-order valence-electron chi connectivity index (χ1n) is 19.6. The van der Waals surface area contributed by atoms with Crippen molar-refractivity contribution in [3.05, 3.63) is 0 Å². The van der Waals surface area contributed by atoms with Gasteiger partial charge in [-0.1, -0.05) is 207 Å². The van der Waals surface area contributed by atoms with E-state index in [0.717, 1.165) is 6.42 Å². The topological polar surface area (TPSA) is 17.1 Å². The molecule has 1 radical (unpaired) electrons. The molecule has 0 saturated heterocycles. The lowest BCUT2D eigenvalue weighted by molar-refractivity contribution is 0.171. The molecule has 0 aromatic heterocycles. The molecule has 0 aliphatic rings. The monoisotopic (exact) mass is 576 g/mol. The molecule has 0 unspecified atom stereocenters. The van der Waals surface area contributed by atoms with Crippen LogP contribution in [0, 0.1) is 5.41 Å². The summed E-state index contributed by atoms with van der Waals surface area (Å²) in [6.45, 7) is 7.00. The van der Waals surface area contributed by atoms with Crippen LogP contribution in [0.15, 0.2) is 0 Å². The molecular formula is C40H79O. The number of hydrogen-bond donors (Lipinski definition) is 0. The Hall–Kier alpha value is -0.330. The van der Waals surface area contributed by atoms with Gasteiger partial charge in [0.25, 0.3) is 0 Å². The van der Waals surface area contributed by atoms with Crippen LogP contribution in [-0.2, 0) is 4.79 Å². The molecule has 0 aliphatic heterocycles. The molecule has 0 fully saturated rings. The highest BCUT2D eigenvalue weighted by molar-refractivity contribution is 5.50. The second kappa shape index (κ2) is 34.2. The van der Waals surface area contributed by atoms with Gasteiger partial charge in [0.15, 0.2) is 6.29 Å². The van der Waals surface area contributed by atoms with Crippen molar-refractivity contribution < 1.29 is 4.79 Å². The maximum Gasteiger partial charge on any atom is 0.198 e. The van der Waals surface area contributed by atoms with Gasteiger partial charge in [0.2, 0.25) is 0 Å². The van der Waals surface area contributed by atoms with Crippen LogP contribution in [0.25, 0.3) is 0 Å². The Balaban J connectivity index is 4.71. The summed E-state index contributed by atoms with van der Waals surface area (Å²) in [5.74, 6) is 0. The predicted molar refractivity (Wildman–Crippen MR) is 187 cm³/mol. The van der Waals surface area contributed by atoms with Crippen LogP contribution in [0.3, 0.4) is 0 Å². The molecule has 1 nitrogen and oxygen atoms in total. The van der Waals surface area contributed by atoms with Crippen LogP contribution >= 0.6 is 0 Å². The summed E-state index contributed by atoms with van der Waals surface area (Å²) in [6, 6.07) is 0. The smallest absolute Gasteiger partial charge is 0.198 e. The number of carbonyl (C=O) groups excluding carboxylic acids is 1. The summed E-state index contributed by atoms with van der Waals surface area (Å²) >= 11 is 0. The van der Waals surface area contributed by atoms with Crippen LogP contribution in [0.5, 0.6) is 0 Å². The molecule has 0 spiro atoms. The molecule has 245 valence electrons. The summed E-state index contributed by atoms with van der Waals surface area (Å²) in [7, 11) is 0. The molecule has 1 heteroatoms. The third-order valence-corrected chi connectivity index (χ3v) is 9.92. The molecule has 0 atom stereocenters. The molecule has 0 aromatic rings. The van der Waals surface area contributed by atoms with Gasteiger partial charge in [-0.25, -0.2) is 0 Å². The second-order valence-corrected chi connectivity index (χ2v) is 13.9. The molecule has 0 amide bonds. The summed E-state index contributed by atoms with van der Waals surface area (Å²) in [4.78, 5) is 10.3. The highest BCUT2D eigenvalue weighted by atomic mass is 16.1. The highest BCUT2D eigenvalue weighted by Gasteiger charge is 2.28. The molecule has 0 saturated carbocycles. The minimum atomic E-state index is 0.637. The molecule has 0 aromatic carbocycles. The third-order valence-electron chi connectivity index (χ3n) is 9.92. The van der Waals surface area contributed by atoms with Crippen LogP contribution in [0.2, 0.25) is 0 Å². The molecule has 0 aliphatic carbocycles. The SMILES string of the molecule is CCCCCCCCCCCC(CCCCCCCC)(CCCCCCCC)CCCCCCCCCCC[C]=O. The second-order valence-electron chi connectivity index (χ2n) is 13.9. The quantitative estimate of drug-likeness (QED) is 0.0679. The summed E-state index contributed by atoms with van der Waals surface area (Å²) in [5, 5.41) is 0. The lowest BCUT2D eigenvalue weighted by Crippen LogP contribution is -2.21. The maximum absolute atomic E-state index is 10.3. The van der Waals surface area contributed by atoms with Crippen molar-refractivity contribution >= 4 is 6.29 Å². The van der Waals surface area contributed by atoms with Gasteiger partial charge >= 0.3 is 0 Å². The molecule has 0 heterocycles. The van der Waals surface area contributed by atoms with E-state index in [9.17, 15) is 4.79 Å². The van der Waals surface area contributed by atoms with Gasteiger partial charge in [-0.15, -0.1) is 0 Å². The van der Waals surface area contributed by atoms with E-state index in [0.29, 0.717) is 11.8 Å². The Labute approximate surface area is 261 Å². The van der Waals surface area contributed by atoms with Gasteiger partial charge in [0, 0.05) is 6.42 Å². The van der Waals surface area contributed by atoms with E-state index < -0.39 is 0 Å². The van der Waals surface area contributed by atoms with Gasteiger partial charge in [0.1, 0.15) is 0 Å². The van der Waals surface area contributed by atoms with Crippen molar-refractivity contribution in [3.63, 3.8) is 0 Å². The van der Waals surface area contributed by atoms with Crippen LogP contribution < -0.4 is 0 Å². The van der Waals surface area contributed by atoms with Crippen molar-refractivity contribution in [3.8, 4) is 0 Å². The van der Waals surface area contributed by atoms with Gasteiger partial charge < -0.3 is 0 Å². The van der Waals surface area contributed by atoms with E-state index in [4.69, 9.17) is 0 Å². The normalized spacial score (nSPS) is 11.9. The Kier molecular flexibility index (Phi) is 33.9. The Morgan fingerprint density at radius 1 is 0.317 bits per heavy atom. The van der Waals surface area contributed by atoms with E-state index in [1.165, 1.54) is 212 Å². The van der Waals surface area contributed by atoms with Crippen molar-refractivity contribution in [1.29, 1.82) is 0 Å². The fraction of sp³-hybridized carbons (Fsp3) is 0.975. The zero-order chi connectivity index (χ0) is 30.0. The fourth-order valence-corrected chi connectivity index (χ4v) is 7.06. The number of unbranched alkanes of at least 4 members (excludes halogenated alkanes) is 27. The van der Waals surface area contributed by atoms with Crippen LogP contribution in [0.4, 0.5) is 0 Å². The Morgan fingerprint density at radius 3 is 0.780 bits per heavy atom. The standard InChI is InChI=1S/C40H79O/c1-4-7-10-13-16-19-22-27-32-37-40(35-30-25-14-11-8-5-2,36-31-26-15-12-9-6-3)38-33-28-23-20-17-18-21-24-29-34-39-41/h4-38H2,1-3H3. The summed E-state index contributed by atoms with van der Waals surface area (Å²) in [5.41, 5.74) is 0.645. The predicted octanol–water partition coefficient (Wildman–Crippen LogP) is 14.8. The zero-order valence-corrected chi connectivity index (χ0v) is 29.2. The van der Waals surface area contributed by atoms with E-state index in [1.54, 1.807) is 0 Å². The average Bonchev–Trinajstić information content (AvgIpc) is 2.98. The summed E-state index contributed by atoms with van der Waals surface area (Å²) in [6.07, 6.45) is 51.3. The number of hydrogen-bond acceptors (Lipinski definition) is 1. The Morgan fingerprint density at radius 2 is 0.537 bits per heavy atom. The molecule has 0 rings (SSSR count). The fourth-order valence-electron chi connectivity index (χ4n) is 7.06. The molecular weight excluding hydrogens is 496 g/mol. The minimum Gasteiger partial charge on any atom is -0.291 e. The first-order valence-corrected chi connectivity index (χ1v) is 19.6. The lowest BCUT2D eigenvalue weighted by Gasteiger charge is -2.35. The number of rotatable bonds is 36. The minimum absolute atomic E-state index is 0.637. The van der Waals surface area contributed by atoms with Crippen LogP contribution in [0.1, 0.15) is 245 Å². The highest BCUT2D eigenvalue weighted by Crippen LogP contribution is 2.42. The lowest BCUT2D eigenvalue weighted by atomic mass is 9.70. The van der Waals surface area contributed by atoms with Gasteiger partial charge in [0.05, 0.1) is 0 Å². The van der Waals surface area contributed by atoms with Gasteiger partial charge in [-0.2, -0.15) is 0 Å². The summed E-state index contributed by atoms with van der Waals surface area (Å²) < 4.78 is 0. The van der Waals surface area contributed by atoms with Gasteiger partial charge in [-0.3, -0.25) is 4.79 Å². The Bertz CT molecular complexity index is 467. The zero-order valence-electron chi connectivity index (χ0n) is 29.2. The van der Waals surface area contributed by atoms with Gasteiger partial charge in [-0.05, 0) is 37.5 Å². The van der Waals surface area contributed by atoms with E-state index in [1.807, 2.05) is 6.29 Å². The molecule has 0 N–H and O–H groups in total. The van der Waals surface area contributed by atoms with Crippen molar-refractivity contribution in [1.82, 2.24) is 0 Å². The van der Waals surface area contributed by atoms with E-state index in [-0.39, 0.29) is 0 Å². The van der Waals surface area contributed by atoms with E-state index >= 15 is 0 Å². The molecule has 41 heavy (non-hydrogen) atoms.